The maximum atomic E-state index is 5.40. The molecule has 0 amide bonds. The minimum Gasteiger partial charge on any atom is -0.495 e. The lowest BCUT2D eigenvalue weighted by atomic mass is 10.1. The second-order valence-electron chi connectivity index (χ2n) is 4.78. The Morgan fingerprint density at radius 3 is 2.95 bits per heavy atom. The van der Waals surface area contributed by atoms with Gasteiger partial charge in [-0.25, -0.2) is 0 Å². The molecule has 1 N–H and O–H groups in total. The SMILES string of the molecule is COc1ccc(Br)cc1NC(C)c1cnc2ccsc2c1. The van der Waals surface area contributed by atoms with Crippen LogP contribution < -0.4 is 10.1 Å². The van der Waals surface area contributed by atoms with Crippen molar-refractivity contribution in [3.05, 3.63) is 51.9 Å². The quantitative estimate of drug-likeness (QED) is 0.688. The van der Waals surface area contributed by atoms with Crippen molar-refractivity contribution in [3.63, 3.8) is 0 Å². The monoisotopic (exact) mass is 362 g/mol. The first-order valence-corrected chi connectivity index (χ1v) is 8.28. The third-order valence-electron chi connectivity index (χ3n) is 3.36. The van der Waals surface area contributed by atoms with Crippen molar-refractivity contribution in [2.24, 2.45) is 0 Å². The summed E-state index contributed by atoms with van der Waals surface area (Å²) in [7, 11) is 1.68. The Hall–Kier alpha value is -1.59. The summed E-state index contributed by atoms with van der Waals surface area (Å²) in [6.45, 7) is 2.12. The van der Waals surface area contributed by atoms with Crippen molar-refractivity contribution in [2.75, 3.05) is 12.4 Å². The summed E-state index contributed by atoms with van der Waals surface area (Å²) >= 11 is 5.21. The van der Waals surface area contributed by atoms with E-state index in [2.05, 4.69) is 44.6 Å². The molecule has 21 heavy (non-hydrogen) atoms. The summed E-state index contributed by atoms with van der Waals surface area (Å²) in [5, 5.41) is 5.55. The zero-order chi connectivity index (χ0) is 14.8. The molecule has 1 atom stereocenters. The van der Waals surface area contributed by atoms with Gasteiger partial charge in [0.05, 0.1) is 29.1 Å². The molecular formula is C16H15BrN2OS. The van der Waals surface area contributed by atoms with E-state index in [4.69, 9.17) is 4.74 Å². The van der Waals surface area contributed by atoms with Gasteiger partial charge in [0.1, 0.15) is 5.75 Å². The number of methoxy groups -OCH3 is 1. The topological polar surface area (TPSA) is 34.1 Å². The maximum absolute atomic E-state index is 5.40. The van der Waals surface area contributed by atoms with E-state index in [9.17, 15) is 0 Å². The molecular weight excluding hydrogens is 348 g/mol. The van der Waals surface area contributed by atoms with Gasteiger partial charge in [-0.05, 0) is 48.2 Å². The highest BCUT2D eigenvalue weighted by Gasteiger charge is 2.11. The maximum Gasteiger partial charge on any atom is 0.142 e. The van der Waals surface area contributed by atoms with Crippen molar-refractivity contribution < 1.29 is 4.74 Å². The minimum absolute atomic E-state index is 0.146. The van der Waals surface area contributed by atoms with Gasteiger partial charge in [0.15, 0.2) is 0 Å². The number of benzene rings is 1. The molecule has 3 rings (SSSR count). The number of thiophene rings is 1. The molecule has 3 nitrogen and oxygen atoms in total. The minimum atomic E-state index is 0.146. The molecule has 0 saturated heterocycles. The second kappa shape index (κ2) is 6.03. The molecule has 0 spiro atoms. The summed E-state index contributed by atoms with van der Waals surface area (Å²) in [5.41, 5.74) is 3.17. The molecule has 108 valence electrons. The van der Waals surface area contributed by atoms with E-state index in [1.807, 2.05) is 30.5 Å². The van der Waals surface area contributed by atoms with Crippen LogP contribution in [0.15, 0.2) is 46.4 Å². The second-order valence-corrected chi connectivity index (χ2v) is 6.65. The van der Waals surface area contributed by atoms with Crippen molar-refractivity contribution in [1.82, 2.24) is 4.98 Å². The van der Waals surface area contributed by atoms with Gasteiger partial charge in [-0.3, -0.25) is 4.98 Å². The highest BCUT2D eigenvalue weighted by atomic mass is 79.9. The van der Waals surface area contributed by atoms with E-state index in [1.54, 1.807) is 18.4 Å². The van der Waals surface area contributed by atoms with E-state index in [1.165, 1.54) is 4.70 Å². The third kappa shape index (κ3) is 3.04. The molecule has 5 heteroatoms. The average Bonchev–Trinajstić information content (AvgIpc) is 2.94. The molecule has 0 bridgehead atoms. The van der Waals surface area contributed by atoms with Gasteiger partial charge in [-0.1, -0.05) is 15.9 Å². The summed E-state index contributed by atoms with van der Waals surface area (Å²) < 4.78 is 7.63. The van der Waals surface area contributed by atoms with E-state index >= 15 is 0 Å². The molecule has 2 heterocycles. The standard InChI is InChI=1S/C16H15BrN2OS/c1-10(11-7-16-13(18-9-11)5-6-21-16)19-14-8-12(17)3-4-15(14)20-2/h3-10,19H,1-2H3. The molecule has 2 aromatic heterocycles. The van der Waals surface area contributed by atoms with Crippen molar-refractivity contribution in [1.29, 1.82) is 0 Å². The molecule has 1 unspecified atom stereocenters. The predicted molar refractivity (Wildman–Crippen MR) is 92.4 cm³/mol. The summed E-state index contributed by atoms with van der Waals surface area (Å²) in [5.74, 6) is 0.829. The Kier molecular flexibility index (Phi) is 4.12. The van der Waals surface area contributed by atoms with Gasteiger partial charge in [0, 0.05) is 10.7 Å². The van der Waals surface area contributed by atoms with Gasteiger partial charge in [-0.15, -0.1) is 11.3 Å². The Morgan fingerprint density at radius 2 is 2.14 bits per heavy atom. The van der Waals surface area contributed by atoms with Crippen LogP contribution in [-0.2, 0) is 0 Å². The van der Waals surface area contributed by atoms with Crippen LogP contribution in [0.3, 0.4) is 0 Å². The summed E-state index contributed by atoms with van der Waals surface area (Å²) in [6.07, 6.45) is 1.93. The highest BCUT2D eigenvalue weighted by Crippen LogP contribution is 2.31. The molecule has 0 aliphatic rings. The highest BCUT2D eigenvalue weighted by molar-refractivity contribution is 9.10. The van der Waals surface area contributed by atoms with E-state index in [0.29, 0.717) is 0 Å². The van der Waals surface area contributed by atoms with Crippen molar-refractivity contribution in [2.45, 2.75) is 13.0 Å². The number of halogens is 1. The first kappa shape index (κ1) is 14.4. The van der Waals surface area contributed by atoms with Gasteiger partial charge >= 0.3 is 0 Å². The van der Waals surface area contributed by atoms with Crippen LogP contribution in [0.1, 0.15) is 18.5 Å². The summed E-state index contributed by atoms with van der Waals surface area (Å²) in [6, 6.07) is 10.3. The molecule has 3 aromatic rings. The molecule has 1 aromatic carbocycles. The number of anilines is 1. The van der Waals surface area contributed by atoms with Gasteiger partial charge in [0.25, 0.3) is 0 Å². The Morgan fingerprint density at radius 1 is 1.29 bits per heavy atom. The third-order valence-corrected chi connectivity index (χ3v) is 4.70. The first-order valence-electron chi connectivity index (χ1n) is 6.60. The number of fused-ring (bicyclic) bond motifs is 1. The molecule has 0 fully saturated rings. The van der Waals surface area contributed by atoms with Crippen LogP contribution >= 0.6 is 27.3 Å². The fourth-order valence-corrected chi connectivity index (χ4v) is 3.36. The zero-order valence-corrected chi connectivity index (χ0v) is 14.2. The number of aromatic nitrogens is 1. The largest absolute Gasteiger partial charge is 0.495 e. The zero-order valence-electron chi connectivity index (χ0n) is 11.8. The Balaban J connectivity index is 1.88. The Labute approximate surface area is 136 Å². The smallest absolute Gasteiger partial charge is 0.142 e. The van der Waals surface area contributed by atoms with Gasteiger partial charge in [-0.2, -0.15) is 0 Å². The van der Waals surface area contributed by atoms with Crippen LogP contribution in [0.25, 0.3) is 10.2 Å². The molecule has 0 radical (unpaired) electrons. The van der Waals surface area contributed by atoms with Crippen LogP contribution in [-0.4, -0.2) is 12.1 Å². The molecule has 0 aliphatic carbocycles. The van der Waals surface area contributed by atoms with Gasteiger partial charge < -0.3 is 10.1 Å². The number of hydrogen-bond acceptors (Lipinski definition) is 4. The molecule has 0 aliphatic heterocycles. The fraction of sp³-hybridized carbons (Fsp3) is 0.188. The lowest BCUT2D eigenvalue weighted by Crippen LogP contribution is -2.08. The Bertz CT molecular complexity index is 772. The van der Waals surface area contributed by atoms with Crippen molar-refractivity contribution >= 4 is 43.2 Å². The van der Waals surface area contributed by atoms with Crippen LogP contribution in [0.2, 0.25) is 0 Å². The fourth-order valence-electron chi connectivity index (χ4n) is 2.21. The summed E-state index contributed by atoms with van der Waals surface area (Å²) in [4.78, 5) is 4.49. The number of hydrogen-bond donors (Lipinski definition) is 1. The van der Waals surface area contributed by atoms with E-state index in [0.717, 1.165) is 27.0 Å². The number of rotatable bonds is 4. The number of nitrogens with one attached hydrogen (secondary N) is 1. The van der Waals surface area contributed by atoms with E-state index in [-0.39, 0.29) is 6.04 Å². The number of ether oxygens (including phenoxy) is 1. The van der Waals surface area contributed by atoms with Crippen molar-refractivity contribution in [3.8, 4) is 5.75 Å². The lowest BCUT2D eigenvalue weighted by molar-refractivity contribution is 0.416. The number of nitrogens with zero attached hydrogens (tertiary/aromatic N) is 1. The normalized spacial score (nSPS) is 12.3. The van der Waals surface area contributed by atoms with E-state index < -0.39 is 0 Å². The predicted octanol–water partition coefficient (Wildman–Crippen LogP) is 5.24. The van der Waals surface area contributed by atoms with Crippen LogP contribution in [0.5, 0.6) is 5.75 Å². The lowest BCUT2D eigenvalue weighted by Gasteiger charge is -2.18. The van der Waals surface area contributed by atoms with Gasteiger partial charge in [0.2, 0.25) is 0 Å². The average molecular weight is 363 g/mol. The number of pyridine rings is 1. The van der Waals surface area contributed by atoms with Crippen LogP contribution in [0, 0.1) is 0 Å². The first-order chi connectivity index (χ1) is 10.2. The van der Waals surface area contributed by atoms with Crippen LogP contribution in [0.4, 0.5) is 5.69 Å². The molecule has 0 saturated carbocycles.